The number of carbonyl (C=O) groups is 4. The summed E-state index contributed by atoms with van der Waals surface area (Å²) in [5.41, 5.74) is -3.15. The van der Waals surface area contributed by atoms with Gasteiger partial charge in [0, 0.05) is 10.8 Å². The fourth-order valence-corrected chi connectivity index (χ4v) is 4.24. The first kappa shape index (κ1) is 17.3. The summed E-state index contributed by atoms with van der Waals surface area (Å²) in [6.07, 6.45) is 0.721. The number of esters is 2. The van der Waals surface area contributed by atoms with Crippen molar-refractivity contribution in [2.45, 2.75) is 33.6 Å². The predicted octanol–water partition coefficient (Wildman–Crippen LogP) is 2.34. The topological polar surface area (TPSA) is 86.7 Å². The zero-order valence-corrected chi connectivity index (χ0v) is 14.7. The number of hydrogen-bond donors (Lipinski definition) is 0. The lowest BCUT2D eigenvalue weighted by molar-refractivity contribution is -0.157. The molecule has 2 unspecified atom stereocenters. The molecule has 2 aliphatic carbocycles. The summed E-state index contributed by atoms with van der Waals surface area (Å²) in [6.45, 7) is 5.25. The first-order valence-electron chi connectivity index (χ1n) is 8.12. The minimum absolute atomic E-state index is 0.0188. The van der Waals surface area contributed by atoms with Gasteiger partial charge in [-0.3, -0.25) is 14.4 Å². The van der Waals surface area contributed by atoms with Gasteiger partial charge in [0.15, 0.2) is 0 Å². The molecule has 0 aromatic heterocycles. The van der Waals surface area contributed by atoms with Gasteiger partial charge in [-0.25, -0.2) is 4.79 Å². The van der Waals surface area contributed by atoms with Crippen LogP contribution in [0.2, 0.25) is 0 Å². The Morgan fingerprint density at radius 1 is 1.00 bits per heavy atom. The molecule has 0 radical (unpaired) electrons. The van der Waals surface area contributed by atoms with Crippen molar-refractivity contribution >= 4 is 23.5 Å². The van der Waals surface area contributed by atoms with E-state index in [-0.39, 0.29) is 17.7 Å². The zero-order valence-electron chi connectivity index (χ0n) is 14.7. The van der Waals surface area contributed by atoms with Crippen LogP contribution in [0.25, 0.3) is 0 Å². The van der Waals surface area contributed by atoms with Crippen molar-refractivity contribution in [3.8, 4) is 5.75 Å². The van der Waals surface area contributed by atoms with Gasteiger partial charge in [0.25, 0.3) is 0 Å². The van der Waals surface area contributed by atoms with Crippen LogP contribution in [0.5, 0.6) is 5.75 Å². The Labute approximate surface area is 145 Å². The van der Waals surface area contributed by atoms with Crippen LogP contribution in [0.15, 0.2) is 24.3 Å². The largest absolute Gasteiger partial charge is 0.465 e. The molecular weight excluding hydrogens is 324 g/mol. The van der Waals surface area contributed by atoms with Gasteiger partial charge in [-0.1, -0.05) is 32.9 Å². The van der Waals surface area contributed by atoms with Crippen molar-refractivity contribution in [2.75, 3.05) is 7.11 Å². The van der Waals surface area contributed by atoms with Crippen LogP contribution >= 0.6 is 0 Å². The second-order valence-electron chi connectivity index (χ2n) is 7.40. The lowest BCUT2D eigenvalue weighted by atomic mass is 9.65. The van der Waals surface area contributed by atoms with E-state index in [1.807, 2.05) is 0 Å². The lowest BCUT2D eigenvalue weighted by Gasteiger charge is -2.36. The van der Waals surface area contributed by atoms with Gasteiger partial charge in [0.2, 0.25) is 11.6 Å². The van der Waals surface area contributed by atoms with E-state index < -0.39 is 39.8 Å². The molecule has 0 N–H and O–H groups in total. The molecule has 2 fully saturated rings. The van der Waals surface area contributed by atoms with Crippen LogP contribution in [0, 0.1) is 16.2 Å². The standard InChI is InChI=1S/C19H20O6/c1-17(2)18(3)9-10-19(17,14(21)13(18)20)16(23)25-12-8-6-5-7-11(12)15(22)24-4/h5-8H,9-10H2,1-4H3. The Morgan fingerprint density at radius 3 is 2.20 bits per heavy atom. The Hall–Kier alpha value is -2.50. The Morgan fingerprint density at radius 2 is 1.64 bits per heavy atom. The second-order valence-corrected chi connectivity index (χ2v) is 7.40. The van der Waals surface area contributed by atoms with Crippen LogP contribution in [-0.2, 0) is 19.1 Å². The normalized spacial score (nSPS) is 29.6. The third kappa shape index (κ3) is 1.91. The highest BCUT2D eigenvalue weighted by molar-refractivity contribution is 6.48. The number of ketones is 2. The molecule has 2 saturated carbocycles. The molecule has 0 aliphatic heterocycles. The molecule has 6 heteroatoms. The lowest BCUT2D eigenvalue weighted by Crippen LogP contribution is -2.47. The van der Waals surface area contributed by atoms with E-state index in [0.717, 1.165) is 0 Å². The quantitative estimate of drug-likeness (QED) is 0.362. The number of ether oxygens (including phenoxy) is 2. The predicted molar refractivity (Wildman–Crippen MR) is 87.0 cm³/mol. The molecule has 132 valence electrons. The molecule has 0 saturated heterocycles. The van der Waals surface area contributed by atoms with E-state index >= 15 is 0 Å². The van der Waals surface area contributed by atoms with Gasteiger partial charge in [-0.2, -0.15) is 0 Å². The third-order valence-electron chi connectivity index (χ3n) is 6.38. The smallest absolute Gasteiger partial charge is 0.341 e. The average molecular weight is 344 g/mol. The zero-order chi connectivity index (χ0) is 18.6. The molecule has 2 aliphatic rings. The van der Waals surface area contributed by atoms with Crippen molar-refractivity contribution in [1.82, 2.24) is 0 Å². The Bertz CT molecular complexity index is 808. The highest BCUT2D eigenvalue weighted by Gasteiger charge is 2.78. The average Bonchev–Trinajstić information content (AvgIpc) is 2.86. The second kappa shape index (κ2) is 5.25. The number of Topliss-reactive ketones (excluding diaryl/α,β-unsaturated/α-hetero) is 2. The van der Waals surface area contributed by atoms with E-state index in [4.69, 9.17) is 4.74 Å². The van der Waals surface area contributed by atoms with Gasteiger partial charge in [-0.15, -0.1) is 0 Å². The number of benzene rings is 1. The maximum Gasteiger partial charge on any atom is 0.341 e. The molecule has 1 aromatic carbocycles. The van der Waals surface area contributed by atoms with Gasteiger partial charge >= 0.3 is 11.9 Å². The van der Waals surface area contributed by atoms with Gasteiger partial charge in [0.1, 0.15) is 16.7 Å². The minimum atomic E-state index is -1.51. The fraction of sp³-hybridized carbons (Fsp3) is 0.474. The van der Waals surface area contributed by atoms with Crippen molar-refractivity contribution < 1.29 is 28.7 Å². The van der Waals surface area contributed by atoms with Crippen LogP contribution in [0.4, 0.5) is 0 Å². The van der Waals surface area contributed by atoms with E-state index in [1.54, 1.807) is 32.9 Å². The highest BCUT2D eigenvalue weighted by atomic mass is 16.5. The molecule has 0 amide bonds. The monoisotopic (exact) mass is 344 g/mol. The molecule has 2 atom stereocenters. The van der Waals surface area contributed by atoms with E-state index in [2.05, 4.69) is 4.74 Å². The van der Waals surface area contributed by atoms with Gasteiger partial charge < -0.3 is 9.47 Å². The number of rotatable bonds is 3. The van der Waals surface area contributed by atoms with Crippen molar-refractivity contribution in [1.29, 1.82) is 0 Å². The molecule has 0 heterocycles. The molecule has 25 heavy (non-hydrogen) atoms. The molecule has 2 bridgehead atoms. The molecule has 0 spiro atoms. The molecule has 1 aromatic rings. The SMILES string of the molecule is COC(=O)c1ccccc1OC(=O)C12CCC(C)(C(=O)C1=O)C2(C)C. The van der Waals surface area contributed by atoms with E-state index in [9.17, 15) is 19.2 Å². The van der Waals surface area contributed by atoms with Gasteiger partial charge in [0.05, 0.1) is 7.11 Å². The van der Waals surface area contributed by atoms with E-state index in [1.165, 1.54) is 19.2 Å². The van der Waals surface area contributed by atoms with Crippen LogP contribution in [0.1, 0.15) is 44.0 Å². The third-order valence-corrected chi connectivity index (χ3v) is 6.38. The summed E-state index contributed by atoms with van der Waals surface area (Å²) < 4.78 is 10.1. The number of carbonyl (C=O) groups excluding carboxylic acids is 4. The summed E-state index contributed by atoms with van der Waals surface area (Å²) in [4.78, 5) is 50.0. The number of hydrogen-bond acceptors (Lipinski definition) is 6. The number of methoxy groups -OCH3 is 1. The van der Waals surface area contributed by atoms with Crippen LogP contribution in [-0.4, -0.2) is 30.6 Å². The molecule has 6 nitrogen and oxygen atoms in total. The first-order valence-corrected chi connectivity index (χ1v) is 8.12. The summed E-state index contributed by atoms with van der Waals surface area (Å²) in [5, 5.41) is 0. The number of fused-ring (bicyclic) bond motifs is 2. The summed E-state index contributed by atoms with van der Waals surface area (Å²) in [7, 11) is 1.23. The molecular formula is C19H20O6. The maximum atomic E-state index is 13.0. The number of para-hydroxylation sites is 1. The van der Waals surface area contributed by atoms with Crippen LogP contribution < -0.4 is 4.74 Å². The van der Waals surface area contributed by atoms with Crippen molar-refractivity contribution in [2.24, 2.45) is 16.2 Å². The Balaban J connectivity index is 2.02. The molecule has 3 rings (SSSR count). The first-order chi connectivity index (χ1) is 11.6. The fourth-order valence-electron chi connectivity index (χ4n) is 4.24. The van der Waals surface area contributed by atoms with Gasteiger partial charge in [-0.05, 0) is 25.0 Å². The summed E-state index contributed by atoms with van der Waals surface area (Å²) in [5.74, 6) is -2.61. The van der Waals surface area contributed by atoms with E-state index in [0.29, 0.717) is 6.42 Å². The Kier molecular flexibility index (Phi) is 3.64. The summed E-state index contributed by atoms with van der Waals surface area (Å²) >= 11 is 0. The summed E-state index contributed by atoms with van der Waals surface area (Å²) in [6, 6.07) is 6.15. The van der Waals surface area contributed by atoms with Crippen molar-refractivity contribution in [3.05, 3.63) is 29.8 Å². The maximum absolute atomic E-state index is 13.0. The minimum Gasteiger partial charge on any atom is -0.465 e. The van der Waals surface area contributed by atoms with Crippen molar-refractivity contribution in [3.63, 3.8) is 0 Å². The highest BCUT2D eigenvalue weighted by Crippen LogP contribution is 2.69. The van der Waals surface area contributed by atoms with Crippen LogP contribution in [0.3, 0.4) is 0 Å².